The summed E-state index contributed by atoms with van der Waals surface area (Å²) in [5.41, 5.74) is 0. The van der Waals surface area contributed by atoms with Gasteiger partial charge in [-0.25, -0.2) is 0 Å². The third-order valence-corrected chi connectivity index (χ3v) is 6.54. The number of nitrogens with one attached hydrogen (secondary N) is 2. The summed E-state index contributed by atoms with van der Waals surface area (Å²) in [6.45, 7) is 7.75. The van der Waals surface area contributed by atoms with Crippen LogP contribution in [0.2, 0.25) is 0 Å². The Hall–Kier alpha value is -0.540. The Labute approximate surface area is 187 Å². The van der Waals surface area contributed by atoms with Crippen molar-refractivity contribution in [3.05, 3.63) is 17.5 Å². The zero-order chi connectivity index (χ0) is 18.9. The molecule has 0 spiro atoms. The van der Waals surface area contributed by atoms with Crippen LogP contribution >= 0.6 is 35.3 Å². The number of hydrogen-bond acceptors (Lipinski definition) is 4. The van der Waals surface area contributed by atoms with Crippen molar-refractivity contribution in [1.29, 1.82) is 0 Å². The van der Waals surface area contributed by atoms with Crippen molar-refractivity contribution in [1.82, 2.24) is 15.5 Å². The smallest absolute Gasteiger partial charge is 0.191 e. The van der Waals surface area contributed by atoms with E-state index in [1.54, 1.807) is 0 Å². The molecule has 5 nitrogen and oxygen atoms in total. The fourth-order valence-electron chi connectivity index (χ4n) is 3.89. The highest BCUT2D eigenvalue weighted by Crippen LogP contribution is 2.24. The Morgan fingerprint density at radius 2 is 1.96 bits per heavy atom. The van der Waals surface area contributed by atoms with Crippen molar-refractivity contribution in [2.45, 2.75) is 51.6 Å². The van der Waals surface area contributed by atoms with E-state index in [9.17, 15) is 0 Å². The average Bonchev–Trinajstić information content (AvgIpc) is 3.19. The maximum absolute atomic E-state index is 4.46. The summed E-state index contributed by atoms with van der Waals surface area (Å²) in [4.78, 5) is 9.30. The number of aliphatic imine (C=N–C) groups is 1. The molecule has 0 saturated carbocycles. The minimum Gasteiger partial charge on any atom is -0.363 e. The summed E-state index contributed by atoms with van der Waals surface area (Å²) in [5.74, 6) is 1.65. The van der Waals surface area contributed by atoms with Crippen molar-refractivity contribution in [2.75, 3.05) is 45.7 Å². The van der Waals surface area contributed by atoms with E-state index in [1.807, 2.05) is 18.4 Å². The van der Waals surface area contributed by atoms with Gasteiger partial charge in [-0.3, -0.25) is 4.99 Å². The maximum Gasteiger partial charge on any atom is 0.191 e. The monoisotopic (exact) mass is 507 g/mol. The van der Waals surface area contributed by atoms with Gasteiger partial charge in [0.1, 0.15) is 0 Å². The fourth-order valence-corrected chi connectivity index (χ4v) is 4.67. The van der Waals surface area contributed by atoms with Gasteiger partial charge in [0, 0.05) is 38.8 Å². The van der Waals surface area contributed by atoms with E-state index in [4.69, 9.17) is 0 Å². The Morgan fingerprint density at radius 1 is 1.30 bits per heavy atom. The molecule has 2 rings (SSSR count). The van der Waals surface area contributed by atoms with Gasteiger partial charge >= 0.3 is 0 Å². The van der Waals surface area contributed by atoms with Crippen LogP contribution in [-0.2, 0) is 0 Å². The van der Waals surface area contributed by atoms with E-state index < -0.39 is 0 Å². The van der Waals surface area contributed by atoms with Crippen molar-refractivity contribution in [3.8, 4) is 0 Å². The lowest BCUT2D eigenvalue weighted by molar-refractivity contribution is 0.200. The first-order valence-electron chi connectivity index (χ1n) is 10.0. The van der Waals surface area contributed by atoms with Crippen molar-refractivity contribution >= 4 is 46.3 Å². The predicted molar refractivity (Wildman–Crippen MR) is 131 cm³/mol. The number of rotatable bonds is 8. The van der Waals surface area contributed by atoms with Gasteiger partial charge in [-0.1, -0.05) is 26.7 Å². The molecule has 2 N–H and O–H groups in total. The third kappa shape index (κ3) is 7.42. The number of thiophene rings is 1. The van der Waals surface area contributed by atoms with Gasteiger partial charge in [-0.05, 0) is 50.4 Å². The SMILES string of the molecule is CCC(CC)C(CNC(=NC)NC1CCN(c2cccs2)CC1)N(C)C.I. The molecule has 1 aliphatic rings. The van der Waals surface area contributed by atoms with Crippen LogP contribution in [0.1, 0.15) is 39.5 Å². The van der Waals surface area contributed by atoms with Crippen LogP contribution < -0.4 is 15.5 Å². The lowest BCUT2D eigenvalue weighted by Gasteiger charge is -2.35. The third-order valence-electron chi connectivity index (χ3n) is 5.61. The molecule has 1 unspecified atom stereocenters. The molecule has 0 amide bonds. The average molecular weight is 508 g/mol. The first-order valence-corrected chi connectivity index (χ1v) is 10.9. The van der Waals surface area contributed by atoms with E-state index in [1.165, 1.54) is 17.8 Å². The Balaban J connectivity index is 0.00000364. The van der Waals surface area contributed by atoms with Crippen LogP contribution in [0.3, 0.4) is 0 Å². The molecule has 1 fully saturated rings. The molecule has 27 heavy (non-hydrogen) atoms. The fraction of sp³-hybridized carbons (Fsp3) is 0.750. The predicted octanol–water partition coefficient (Wildman–Crippen LogP) is 3.87. The molecule has 156 valence electrons. The standard InChI is InChI=1S/C20H37N5S.HI/c1-6-16(7-2)18(24(4)5)15-22-20(21-3)23-17-10-12-25(13-11-17)19-9-8-14-26-19;/h8-9,14,16-18H,6-7,10-13,15H2,1-5H3,(H2,21,22,23);1H. The Kier molecular flexibility index (Phi) is 11.6. The lowest BCUT2D eigenvalue weighted by atomic mass is 9.93. The molecular formula is C20H38IN5S. The minimum atomic E-state index is 0. The second-order valence-electron chi connectivity index (χ2n) is 7.42. The van der Waals surface area contributed by atoms with E-state index >= 15 is 0 Å². The normalized spacial score (nSPS) is 17.1. The van der Waals surface area contributed by atoms with Crippen LogP contribution in [0.5, 0.6) is 0 Å². The van der Waals surface area contributed by atoms with Crippen LogP contribution in [0.25, 0.3) is 0 Å². The summed E-state index contributed by atoms with van der Waals surface area (Å²) in [7, 11) is 6.24. The van der Waals surface area contributed by atoms with Gasteiger partial charge in [0.25, 0.3) is 0 Å². The molecule has 1 aromatic rings. The largest absolute Gasteiger partial charge is 0.363 e. The number of piperidine rings is 1. The van der Waals surface area contributed by atoms with Gasteiger partial charge in [0.2, 0.25) is 0 Å². The van der Waals surface area contributed by atoms with Crippen LogP contribution in [0.4, 0.5) is 5.00 Å². The highest BCUT2D eigenvalue weighted by atomic mass is 127. The minimum absolute atomic E-state index is 0. The summed E-state index contributed by atoms with van der Waals surface area (Å²) < 4.78 is 0. The molecule has 1 aromatic heterocycles. The van der Waals surface area contributed by atoms with Crippen LogP contribution in [0, 0.1) is 5.92 Å². The quantitative estimate of drug-likeness (QED) is 0.319. The second-order valence-corrected chi connectivity index (χ2v) is 8.34. The summed E-state index contributed by atoms with van der Waals surface area (Å²) in [5, 5.41) is 10.8. The number of likely N-dealkylation sites (N-methyl/N-ethyl adjacent to an activating group) is 1. The maximum atomic E-state index is 4.46. The zero-order valence-electron chi connectivity index (χ0n) is 17.6. The highest BCUT2D eigenvalue weighted by molar-refractivity contribution is 14.0. The topological polar surface area (TPSA) is 42.9 Å². The van der Waals surface area contributed by atoms with E-state index in [2.05, 4.69) is 70.9 Å². The zero-order valence-corrected chi connectivity index (χ0v) is 20.7. The molecule has 0 aromatic carbocycles. The summed E-state index contributed by atoms with van der Waals surface area (Å²) >= 11 is 1.83. The van der Waals surface area contributed by atoms with Gasteiger partial charge in [0.05, 0.1) is 5.00 Å². The van der Waals surface area contributed by atoms with Gasteiger partial charge in [-0.2, -0.15) is 0 Å². The molecule has 1 saturated heterocycles. The molecule has 0 aliphatic carbocycles. The first-order chi connectivity index (χ1) is 12.6. The molecule has 7 heteroatoms. The number of guanidine groups is 1. The lowest BCUT2D eigenvalue weighted by Crippen LogP contribution is -2.52. The van der Waals surface area contributed by atoms with E-state index in [0.29, 0.717) is 18.0 Å². The van der Waals surface area contributed by atoms with Gasteiger partial charge in [-0.15, -0.1) is 35.3 Å². The Morgan fingerprint density at radius 3 is 2.44 bits per heavy atom. The number of hydrogen-bond donors (Lipinski definition) is 2. The molecule has 1 atom stereocenters. The molecule has 0 radical (unpaired) electrons. The van der Waals surface area contributed by atoms with Crippen LogP contribution in [-0.4, -0.2) is 63.7 Å². The van der Waals surface area contributed by atoms with E-state index in [0.717, 1.165) is 38.4 Å². The molecule has 0 bridgehead atoms. The Bertz CT molecular complexity index is 522. The number of halogens is 1. The molecular weight excluding hydrogens is 469 g/mol. The summed E-state index contributed by atoms with van der Waals surface area (Å²) in [6.07, 6.45) is 4.74. The van der Waals surface area contributed by atoms with E-state index in [-0.39, 0.29) is 24.0 Å². The first kappa shape index (κ1) is 24.5. The summed E-state index contributed by atoms with van der Waals surface area (Å²) in [6, 6.07) is 5.39. The second kappa shape index (κ2) is 12.8. The molecule has 1 aliphatic heterocycles. The van der Waals surface area contributed by atoms with Gasteiger partial charge < -0.3 is 20.4 Å². The van der Waals surface area contributed by atoms with Gasteiger partial charge in [0.15, 0.2) is 5.96 Å². The number of anilines is 1. The highest BCUT2D eigenvalue weighted by Gasteiger charge is 2.23. The van der Waals surface area contributed by atoms with Crippen molar-refractivity contribution in [2.24, 2.45) is 10.9 Å². The van der Waals surface area contributed by atoms with Crippen LogP contribution in [0.15, 0.2) is 22.5 Å². The molecule has 2 heterocycles. The van der Waals surface area contributed by atoms with Crippen molar-refractivity contribution < 1.29 is 0 Å². The number of nitrogens with zero attached hydrogens (tertiary/aromatic N) is 3. The van der Waals surface area contributed by atoms with Crippen molar-refractivity contribution in [3.63, 3.8) is 0 Å².